The van der Waals surface area contributed by atoms with Gasteiger partial charge in [-0.25, -0.2) is 0 Å². The molecule has 0 fully saturated rings. The van der Waals surface area contributed by atoms with Crippen molar-refractivity contribution in [2.24, 2.45) is 11.7 Å². The van der Waals surface area contributed by atoms with Gasteiger partial charge in [-0.2, -0.15) is 0 Å². The van der Waals surface area contributed by atoms with Crippen LogP contribution in [0.25, 0.3) is 0 Å². The van der Waals surface area contributed by atoms with Gasteiger partial charge in [-0.05, 0) is 19.3 Å². The molecule has 166 valence electrons. The Balaban J connectivity index is 0. The molecule has 0 rings (SSSR count). The standard InChI is InChI=1S/C24H51NO.ClH/c1-4-7-9-11-13-15-17-19-21-23(24(25,26)6-3)22-20-18-16-14-12-10-8-5-2;/h23,26H,4-22,25H2,1-3H3;1H. The number of rotatable bonds is 20. The SMILES string of the molecule is CCCCCCCCCCC(CCCCCCCCCC)C(N)(O)CC.Cl. The second kappa shape index (κ2) is 20.9. The van der Waals surface area contributed by atoms with E-state index in [9.17, 15) is 5.11 Å². The second-order valence-electron chi connectivity index (χ2n) is 8.57. The highest BCUT2D eigenvalue weighted by atomic mass is 35.5. The summed E-state index contributed by atoms with van der Waals surface area (Å²) >= 11 is 0. The first kappa shape index (κ1) is 29.4. The van der Waals surface area contributed by atoms with Crippen LogP contribution in [-0.2, 0) is 0 Å². The summed E-state index contributed by atoms with van der Waals surface area (Å²) < 4.78 is 0. The average Bonchev–Trinajstić information content (AvgIpc) is 2.64. The van der Waals surface area contributed by atoms with Gasteiger partial charge < -0.3 is 10.8 Å². The van der Waals surface area contributed by atoms with E-state index in [-0.39, 0.29) is 18.3 Å². The first-order valence-corrected chi connectivity index (χ1v) is 12.1. The molecule has 0 amide bonds. The van der Waals surface area contributed by atoms with Crippen molar-refractivity contribution in [1.82, 2.24) is 0 Å². The highest BCUT2D eigenvalue weighted by Gasteiger charge is 2.29. The third kappa shape index (κ3) is 18.0. The molecule has 0 saturated heterocycles. The Labute approximate surface area is 177 Å². The van der Waals surface area contributed by atoms with E-state index in [2.05, 4.69) is 13.8 Å². The largest absolute Gasteiger partial charge is 0.376 e. The maximum absolute atomic E-state index is 10.6. The van der Waals surface area contributed by atoms with E-state index in [1.165, 1.54) is 103 Å². The molecule has 0 aromatic carbocycles. The Bertz CT molecular complexity index is 264. The summed E-state index contributed by atoms with van der Waals surface area (Å²) in [5.41, 5.74) is 5.25. The van der Waals surface area contributed by atoms with Gasteiger partial charge in [0, 0.05) is 5.92 Å². The van der Waals surface area contributed by atoms with E-state index in [1.54, 1.807) is 0 Å². The summed E-state index contributed by atoms with van der Waals surface area (Å²) in [5, 5.41) is 10.6. The van der Waals surface area contributed by atoms with Gasteiger partial charge in [0.1, 0.15) is 5.72 Å². The fourth-order valence-electron chi connectivity index (χ4n) is 3.98. The highest BCUT2D eigenvalue weighted by Crippen LogP contribution is 2.28. The first-order chi connectivity index (χ1) is 12.6. The van der Waals surface area contributed by atoms with Crippen molar-refractivity contribution >= 4 is 12.4 Å². The van der Waals surface area contributed by atoms with Crippen LogP contribution in [0.4, 0.5) is 0 Å². The molecular weight excluding hydrogens is 354 g/mol. The first-order valence-electron chi connectivity index (χ1n) is 12.1. The van der Waals surface area contributed by atoms with Gasteiger partial charge in [0.2, 0.25) is 0 Å². The van der Waals surface area contributed by atoms with Crippen LogP contribution < -0.4 is 5.73 Å². The number of aliphatic hydroxyl groups is 1. The van der Waals surface area contributed by atoms with E-state index < -0.39 is 5.72 Å². The Morgan fingerprint density at radius 2 is 0.889 bits per heavy atom. The quantitative estimate of drug-likeness (QED) is 0.158. The van der Waals surface area contributed by atoms with Crippen LogP contribution in [0.3, 0.4) is 0 Å². The summed E-state index contributed by atoms with van der Waals surface area (Å²) in [6, 6.07) is 0. The smallest absolute Gasteiger partial charge is 0.116 e. The maximum Gasteiger partial charge on any atom is 0.116 e. The monoisotopic (exact) mass is 405 g/mol. The van der Waals surface area contributed by atoms with Gasteiger partial charge >= 0.3 is 0 Å². The lowest BCUT2D eigenvalue weighted by Crippen LogP contribution is -2.46. The van der Waals surface area contributed by atoms with Crippen molar-refractivity contribution in [3.05, 3.63) is 0 Å². The zero-order valence-corrected chi connectivity index (χ0v) is 19.8. The van der Waals surface area contributed by atoms with E-state index in [0.29, 0.717) is 6.42 Å². The van der Waals surface area contributed by atoms with E-state index in [4.69, 9.17) is 5.73 Å². The fourth-order valence-corrected chi connectivity index (χ4v) is 3.98. The van der Waals surface area contributed by atoms with Crippen molar-refractivity contribution in [3.8, 4) is 0 Å². The number of hydrogen-bond donors (Lipinski definition) is 2. The number of nitrogens with two attached hydrogens (primary N) is 1. The summed E-state index contributed by atoms with van der Waals surface area (Å²) in [5.74, 6) is 0.285. The van der Waals surface area contributed by atoms with Crippen molar-refractivity contribution in [2.45, 2.75) is 148 Å². The number of hydrogen-bond acceptors (Lipinski definition) is 2. The maximum atomic E-state index is 10.6. The molecular formula is C24H52ClNO. The van der Waals surface area contributed by atoms with Crippen molar-refractivity contribution in [3.63, 3.8) is 0 Å². The third-order valence-electron chi connectivity index (χ3n) is 6.09. The Morgan fingerprint density at radius 3 is 1.19 bits per heavy atom. The predicted molar refractivity (Wildman–Crippen MR) is 125 cm³/mol. The number of halogens is 1. The highest BCUT2D eigenvalue weighted by molar-refractivity contribution is 5.85. The van der Waals surface area contributed by atoms with Crippen molar-refractivity contribution in [1.29, 1.82) is 0 Å². The van der Waals surface area contributed by atoms with Gasteiger partial charge in [0.25, 0.3) is 0 Å². The molecule has 0 spiro atoms. The molecule has 0 bridgehead atoms. The van der Waals surface area contributed by atoms with Crippen LogP contribution >= 0.6 is 12.4 Å². The predicted octanol–water partition coefficient (Wildman–Crippen LogP) is 8.14. The van der Waals surface area contributed by atoms with Crippen molar-refractivity contribution in [2.75, 3.05) is 0 Å². The third-order valence-corrected chi connectivity index (χ3v) is 6.09. The zero-order chi connectivity index (χ0) is 19.5. The minimum Gasteiger partial charge on any atom is -0.376 e. The van der Waals surface area contributed by atoms with Crippen LogP contribution in [0, 0.1) is 5.92 Å². The lowest BCUT2D eigenvalue weighted by Gasteiger charge is -2.32. The lowest BCUT2D eigenvalue weighted by atomic mass is 9.84. The molecule has 27 heavy (non-hydrogen) atoms. The van der Waals surface area contributed by atoms with Gasteiger partial charge in [-0.1, -0.05) is 124 Å². The van der Waals surface area contributed by atoms with E-state index in [1.807, 2.05) is 6.92 Å². The van der Waals surface area contributed by atoms with Gasteiger partial charge in [0.05, 0.1) is 0 Å². The normalized spacial score (nSPS) is 13.6. The lowest BCUT2D eigenvalue weighted by molar-refractivity contribution is -0.0253. The van der Waals surface area contributed by atoms with Crippen LogP contribution in [0.1, 0.15) is 143 Å². The average molecular weight is 406 g/mol. The molecule has 0 aliphatic heterocycles. The second-order valence-corrected chi connectivity index (χ2v) is 8.57. The minimum absolute atomic E-state index is 0. The summed E-state index contributed by atoms with van der Waals surface area (Å²) in [4.78, 5) is 0. The Morgan fingerprint density at radius 1 is 0.593 bits per heavy atom. The van der Waals surface area contributed by atoms with Crippen LogP contribution in [-0.4, -0.2) is 10.8 Å². The molecule has 0 aromatic heterocycles. The van der Waals surface area contributed by atoms with Crippen LogP contribution in [0.15, 0.2) is 0 Å². The number of unbranched alkanes of at least 4 members (excludes halogenated alkanes) is 14. The fraction of sp³-hybridized carbons (Fsp3) is 1.00. The molecule has 0 saturated carbocycles. The molecule has 1 unspecified atom stereocenters. The summed E-state index contributed by atoms with van der Waals surface area (Å²) in [7, 11) is 0. The Kier molecular flexibility index (Phi) is 22.8. The topological polar surface area (TPSA) is 46.2 Å². The molecule has 0 aliphatic rings. The summed E-state index contributed by atoms with van der Waals surface area (Å²) in [6.45, 7) is 6.57. The van der Waals surface area contributed by atoms with Crippen LogP contribution in [0.2, 0.25) is 0 Å². The minimum atomic E-state index is -0.956. The van der Waals surface area contributed by atoms with Crippen LogP contribution in [0.5, 0.6) is 0 Å². The molecule has 0 radical (unpaired) electrons. The van der Waals surface area contributed by atoms with Gasteiger partial charge in [0.15, 0.2) is 0 Å². The zero-order valence-electron chi connectivity index (χ0n) is 18.9. The molecule has 1 atom stereocenters. The Hall–Kier alpha value is 0.210. The summed E-state index contributed by atoms with van der Waals surface area (Å²) in [6.07, 6.45) is 24.4. The molecule has 0 aliphatic carbocycles. The van der Waals surface area contributed by atoms with Gasteiger partial charge in [-0.3, -0.25) is 0 Å². The molecule has 0 heterocycles. The van der Waals surface area contributed by atoms with Crippen molar-refractivity contribution < 1.29 is 5.11 Å². The molecule has 2 nitrogen and oxygen atoms in total. The molecule has 3 N–H and O–H groups in total. The molecule has 0 aromatic rings. The van der Waals surface area contributed by atoms with E-state index in [0.717, 1.165) is 12.8 Å². The van der Waals surface area contributed by atoms with Gasteiger partial charge in [-0.15, -0.1) is 12.4 Å². The molecule has 3 heteroatoms. The van der Waals surface area contributed by atoms with E-state index >= 15 is 0 Å².